The normalized spacial score (nSPS) is 11.2. The van der Waals surface area contributed by atoms with Gasteiger partial charge in [0.2, 0.25) is 0 Å². The van der Waals surface area contributed by atoms with Crippen LogP contribution in [0.2, 0.25) is 0 Å². The van der Waals surface area contributed by atoms with Crippen LogP contribution in [-0.4, -0.2) is 0 Å². The zero-order valence-corrected chi connectivity index (χ0v) is 34.1. The van der Waals surface area contributed by atoms with Crippen LogP contribution in [0, 0.1) is 0 Å². The highest BCUT2D eigenvalue weighted by Gasteiger charge is 2.19. The second-order valence-corrected chi connectivity index (χ2v) is 15.8. The lowest BCUT2D eigenvalue weighted by Gasteiger charge is -2.28. The Balaban J connectivity index is 0.947. The summed E-state index contributed by atoms with van der Waals surface area (Å²) < 4.78 is 0. The van der Waals surface area contributed by atoms with Crippen molar-refractivity contribution in [1.29, 1.82) is 0 Å². The SMILES string of the molecule is c1ccc(-c2cccc(-c3ccc(N(c4ccc(-c5ccc(N(c6ccccc6)c6cc7ccccc7c7ccccc67)cc5)cc4)c4cccc5ccccc45)cc3)c2)cc1. The van der Waals surface area contributed by atoms with Crippen molar-refractivity contribution in [2.75, 3.05) is 9.80 Å². The fourth-order valence-electron chi connectivity index (χ4n) is 8.97. The lowest BCUT2D eigenvalue weighted by molar-refractivity contribution is 1.29. The Morgan fingerprint density at radius 3 is 1.19 bits per heavy atom. The molecule has 0 atom stereocenters. The van der Waals surface area contributed by atoms with Crippen molar-refractivity contribution >= 4 is 66.4 Å². The predicted molar refractivity (Wildman–Crippen MR) is 265 cm³/mol. The molecule has 0 aliphatic rings. The minimum Gasteiger partial charge on any atom is -0.310 e. The summed E-state index contributed by atoms with van der Waals surface area (Å²) in [7, 11) is 0. The molecule has 11 aromatic carbocycles. The Morgan fingerprint density at radius 1 is 0.194 bits per heavy atom. The molecule has 292 valence electrons. The van der Waals surface area contributed by atoms with Gasteiger partial charge in [-0.05, 0) is 122 Å². The molecule has 0 bridgehead atoms. The van der Waals surface area contributed by atoms with E-state index in [1.54, 1.807) is 0 Å². The van der Waals surface area contributed by atoms with E-state index in [9.17, 15) is 0 Å². The summed E-state index contributed by atoms with van der Waals surface area (Å²) in [5, 5.41) is 7.37. The first-order chi connectivity index (χ1) is 30.7. The minimum absolute atomic E-state index is 1.10. The standard InChI is InChI=1S/C60H42N2/c1-3-15-43(16-4-1)48-20-13-21-49(41-48)46-33-39-53(40-34-46)61(59-28-14-19-47-17-7-10-25-56(47)59)52-35-29-44(30-36-52)45-31-37-54(38-32-45)62(51-22-5-2-6-23-51)60-42-50-18-8-9-24-55(50)57-26-11-12-27-58(57)60/h1-42H. The molecule has 0 aromatic heterocycles. The molecule has 2 heteroatoms. The van der Waals surface area contributed by atoms with Crippen molar-refractivity contribution in [2.45, 2.75) is 0 Å². The van der Waals surface area contributed by atoms with Crippen LogP contribution in [0.25, 0.3) is 65.7 Å². The van der Waals surface area contributed by atoms with Crippen LogP contribution in [0.5, 0.6) is 0 Å². The highest BCUT2D eigenvalue weighted by Crippen LogP contribution is 2.44. The van der Waals surface area contributed by atoms with Crippen LogP contribution < -0.4 is 9.80 Å². The van der Waals surface area contributed by atoms with Gasteiger partial charge in [-0.25, -0.2) is 0 Å². The van der Waals surface area contributed by atoms with E-state index in [-0.39, 0.29) is 0 Å². The minimum atomic E-state index is 1.10. The number of nitrogens with zero attached hydrogens (tertiary/aromatic N) is 2. The molecule has 0 unspecified atom stereocenters. The van der Waals surface area contributed by atoms with Gasteiger partial charge in [-0.2, -0.15) is 0 Å². The first kappa shape index (κ1) is 36.8. The van der Waals surface area contributed by atoms with E-state index < -0.39 is 0 Å². The summed E-state index contributed by atoms with van der Waals surface area (Å²) in [5.41, 5.74) is 13.9. The molecule has 62 heavy (non-hydrogen) atoms. The average molecular weight is 791 g/mol. The Kier molecular flexibility index (Phi) is 9.57. The van der Waals surface area contributed by atoms with E-state index in [4.69, 9.17) is 0 Å². The van der Waals surface area contributed by atoms with Gasteiger partial charge in [0.1, 0.15) is 0 Å². The smallest absolute Gasteiger partial charge is 0.0546 e. The molecule has 11 rings (SSSR count). The van der Waals surface area contributed by atoms with E-state index in [0.29, 0.717) is 0 Å². The van der Waals surface area contributed by atoms with Crippen molar-refractivity contribution < 1.29 is 0 Å². The molecule has 0 N–H and O–H groups in total. The van der Waals surface area contributed by atoms with Gasteiger partial charge < -0.3 is 9.80 Å². The van der Waals surface area contributed by atoms with Crippen molar-refractivity contribution in [3.05, 3.63) is 255 Å². The largest absolute Gasteiger partial charge is 0.310 e. The van der Waals surface area contributed by atoms with Gasteiger partial charge in [0, 0.05) is 33.5 Å². The number of fused-ring (bicyclic) bond motifs is 4. The molecule has 0 amide bonds. The quantitative estimate of drug-likeness (QED) is 0.134. The van der Waals surface area contributed by atoms with Crippen molar-refractivity contribution in [3.63, 3.8) is 0 Å². The molecule has 0 spiro atoms. The first-order valence-electron chi connectivity index (χ1n) is 21.3. The fourth-order valence-corrected chi connectivity index (χ4v) is 8.97. The summed E-state index contributed by atoms with van der Waals surface area (Å²) in [4.78, 5) is 4.76. The molecule has 0 heterocycles. The van der Waals surface area contributed by atoms with Gasteiger partial charge in [0.05, 0.1) is 11.4 Å². The zero-order chi connectivity index (χ0) is 41.2. The van der Waals surface area contributed by atoms with E-state index in [1.165, 1.54) is 54.6 Å². The first-order valence-corrected chi connectivity index (χ1v) is 21.3. The molecule has 0 fully saturated rings. The average Bonchev–Trinajstić information content (AvgIpc) is 3.35. The molecule has 2 nitrogen and oxygen atoms in total. The van der Waals surface area contributed by atoms with Crippen molar-refractivity contribution in [2.24, 2.45) is 0 Å². The third kappa shape index (κ3) is 6.94. The van der Waals surface area contributed by atoms with Crippen LogP contribution in [0.3, 0.4) is 0 Å². The number of anilines is 6. The van der Waals surface area contributed by atoms with Gasteiger partial charge in [0.25, 0.3) is 0 Å². The van der Waals surface area contributed by atoms with Crippen LogP contribution in [0.15, 0.2) is 255 Å². The molecule has 0 aliphatic heterocycles. The van der Waals surface area contributed by atoms with E-state index in [2.05, 4.69) is 265 Å². The number of hydrogen-bond donors (Lipinski definition) is 0. The topological polar surface area (TPSA) is 6.48 Å². The number of rotatable bonds is 9. The number of para-hydroxylation sites is 1. The molecule has 0 aliphatic carbocycles. The summed E-state index contributed by atoms with van der Waals surface area (Å²) >= 11 is 0. The van der Waals surface area contributed by atoms with Crippen LogP contribution in [0.1, 0.15) is 0 Å². The van der Waals surface area contributed by atoms with Crippen LogP contribution in [-0.2, 0) is 0 Å². The molecular formula is C60H42N2. The second-order valence-electron chi connectivity index (χ2n) is 15.8. The summed E-state index contributed by atoms with van der Waals surface area (Å²) in [5.74, 6) is 0. The molecule has 0 saturated carbocycles. The predicted octanol–water partition coefficient (Wildman–Crippen LogP) is 17.1. The lowest BCUT2D eigenvalue weighted by Crippen LogP contribution is -2.10. The number of hydrogen-bond acceptors (Lipinski definition) is 2. The van der Waals surface area contributed by atoms with Crippen LogP contribution in [0.4, 0.5) is 34.1 Å². The Labute approximate surface area is 362 Å². The van der Waals surface area contributed by atoms with Crippen molar-refractivity contribution in [1.82, 2.24) is 0 Å². The molecule has 0 radical (unpaired) electrons. The molecular weight excluding hydrogens is 749 g/mol. The van der Waals surface area contributed by atoms with Crippen molar-refractivity contribution in [3.8, 4) is 33.4 Å². The maximum atomic E-state index is 2.38. The number of benzene rings is 11. The Bertz CT molecular complexity index is 3310. The third-order valence-electron chi connectivity index (χ3n) is 12.0. The molecule has 0 saturated heterocycles. The maximum absolute atomic E-state index is 2.38. The van der Waals surface area contributed by atoms with Gasteiger partial charge in [-0.1, -0.05) is 188 Å². The molecule has 11 aromatic rings. The highest BCUT2D eigenvalue weighted by atomic mass is 15.1. The third-order valence-corrected chi connectivity index (χ3v) is 12.0. The van der Waals surface area contributed by atoms with Gasteiger partial charge in [-0.3, -0.25) is 0 Å². The highest BCUT2D eigenvalue weighted by molar-refractivity contribution is 6.14. The Morgan fingerprint density at radius 2 is 0.581 bits per heavy atom. The summed E-state index contributed by atoms with van der Waals surface area (Å²) in [6.45, 7) is 0. The summed E-state index contributed by atoms with van der Waals surface area (Å²) in [6, 6.07) is 92.0. The maximum Gasteiger partial charge on any atom is 0.0546 e. The Hall–Kier alpha value is -8.20. The van der Waals surface area contributed by atoms with Crippen LogP contribution >= 0.6 is 0 Å². The zero-order valence-electron chi connectivity index (χ0n) is 34.1. The second kappa shape index (κ2) is 16.1. The van der Waals surface area contributed by atoms with E-state index in [0.717, 1.165) is 45.3 Å². The van der Waals surface area contributed by atoms with Gasteiger partial charge in [-0.15, -0.1) is 0 Å². The summed E-state index contributed by atoms with van der Waals surface area (Å²) in [6.07, 6.45) is 0. The van der Waals surface area contributed by atoms with E-state index >= 15 is 0 Å². The monoisotopic (exact) mass is 790 g/mol. The van der Waals surface area contributed by atoms with Gasteiger partial charge >= 0.3 is 0 Å². The lowest BCUT2D eigenvalue weighted by atomic mass is 9.98. The fraction of sp³-hybridized carbons (Fsp3) is 0. The van der Waals surface area contributed by atoms with Gasteiger partial charge in [0.15, 0.2) is 0 Å². The van der Waals surface area contributed by atoms with E-state index in [1.807, 2.05) is 0 Å².